The van der Waals surface area contributed by atoms with Crippen molar-refractivity contribution in [2.75, 3.05) is 13.2 Å². The standard InChI is InChI=1S/C16H29NO3/c1-4-19-15(18)16(17-12(2)3)9-7-14(11-16)20-10-8-13-5-6-13/h12-14,17H,4-11H2,1-3H3. The van der Waals surface area contributed by atoms with Crippen molar-refractivity contribution in [3.05, 3.63) is 0 Å². The molecule has 20 heavy (non-hydrogen) atoms. The van der Waals surface area contributed by atoms with E-state index in [1.807, 2.05) is 6.92 Å². The highest BCUT2D eigenvalue weighted by molar-refractivity contribution is 5.81. The highest BCUT2D eigenvalue weighted by atomic mass is 16.5. The van der Waals surface area contributed by atoms with Crippen LogP contribution in [0.25, 0.3) is 0 Å². The topological polar surface area (TPSA) is 47.6 Å². The summed E-state index contributed by atoms with van der Waals surface area (Å²) in [6.07, 6.45) is 6.63. The first-order valence-corrected chi connectivity index (χ1v) is 8.12. The van der Waals surface area contributed by atoms with Crippen molar-refractivity contribution in [2.24, 2.45) is 5.92 Å². The lowest BCUT2D eigenvalue weighted by Crippen LogP contribution is -2.54. The van der Waals surface area contributed by atoms with Crippen LogP contribution in [0.2, 0.25) is 0 Å². The number of rotatable bonds is 8. The second-order valence-electron chi connectivity index (χ2n) is 6.57. The van der Waals surface area contributed by atoms with Gasteiger partial charge in [0.05, 0.1) is 12.7 Å². The van der Waals surface area contributed by atoms with Crippen molar-refractivity contribution in [1.29, 1.82) is 0 Å². The molecule has 2 unspecified atom stereocenters. The second kappa shape index (κ2) is 6.90. The summed E-state index contributed by atoms with van der Waals surface area (Å²) >= 11 is 0. The quantitative estimate of drug-likeness (QED) is 0.696. The van der Waals surface area contributed by atoms with E-state index >= 15 is 0 Å². The zero-order valence-electron chi connectivity index (χ0n) is 13.1. The number of carbonyl (C=O) groups is 1. The fourth-order valence-corrected chi connectivity index (χ4v) is 3.15. The van der Waals surface area contributed by atoms with E-state index in [0.717, 1.165) is 31.8 Å². The van der Waals surface area contributed by atoms with Crippen LogP contribution >= 0.6 is 0 Å². The van der Waals surface area contributed by atoms with Crippen LogP contribution in [0.3, 0.4) is 0 Å². The Morgan fingerprint density at radius 1 is 1.35 bits per heavy atom. The molecule has 0 bridgehead atoms. The first kappa shape index (κ1) is 15.8. The maximum absolute atomic E-state index is 12.3. The summed E-state index contributed by atoms with van der Waals surface area (Å²) in [4.78, 5) is 12.3. The molecule has 4 heteroatoms. The second-order valence-corrected chi connectivity index (χ2v) is 6.57. The van der Waals surface area contributed by atoms with Crippen molar-refractivity contribution in [2.45, 2.75) is 77.0 Å². The molecule has 2 rings (SSSR count). The van der Waals surface area contributed by atoms with Crippen LogP contribution in [0.4, 0.5) is 0 Å². The van der Waals surface area contributed by atoms with Crippen molar-refractivity contribution >= 4 is 5.97 Å². The third-order valence-corrected chi connectivity index (χ3v) is 4.28. The maximum Gasteiger partial charge on any atom is 0.326 e. The molecule has 0 heterocycles. The summed E-state index contributed by atoms with van der Waals surface area (Å²) in [7, 11) is 0. The summed E-state index contributed by atoms with van der Waals surface area (Å²) in [5.41, 5.74) is -0.533. The molecule has 2 aliphatic rings. The van der Waals surface area contributed by atoms with Gasteiger partial charge in [-0.2, -0.15) is 0 Å². The van der Waals surface area contributed by atoms with Gasteiger partial charge in [-0.3, -0.25) is 10.1 Å². The third kappa shape index (κ3) is 4.19. The molecule has 4 nitrogen and oxygen atoms in total. The Bertz CT molecular complexity index is 328. The Balaban J connectivity index is 1.85. The number of hydrogen-bond donors (Lipinski definition) is 1. The van der Waals surface area contributed by atoms with Crippen LogP contribution in [0.15, 0.2) is 0 Å². The Labute approximate surface area is 122 Å². The van der Waals surface area contributed by atoms with Crippen molar-refractivity contribution in [1.82, 2.24) is 5.32 Å². The van der Waals surface area contributed by atoms with Crippen molar-refractivity contribution in [3.8, 4) is 0 Å². The van der Waals surface area contributed by atoms with Gasteiger partial charge in [0.25, 0.3) is 0 Å². The molecule has 2 aliphatic carbocycles. The average molecular weight is 283 g/mol. The van der Waals surface area contributed by atoms with Gasteiger partial charge in [0.15, 0.2) is 0 Å². The van der Waals surface area contributed by atoms with E-state index in [1.54, 1.807) is 0 Å². The number of nitrogens with one attached hydrogen (secondary N) is 1. The van der Waals surface area contributed by atoms with Gasteiger partial charge in [-0.05, 0) is 46.0 Å². The van der Waals surface area contributed by atoms with Gasteiger partial charge >= 0.3 is 5.97 Å². The van der Waals surface area contributed by atoms with Crippen molar-refractivity contribution < 1.29 is 14.3 Å². The van der Waals surface area contributed by atoms with Gasteiger partial charge in [-0.15, -0.1) is 0 Å². The third-order valence-electron chi connectivity index (χ3n) is 4.28. The largest absolute Gasteiger partial charge is 0.465 e. The molecular weight excluding hydrogens is 254 g/mol. The summed E-state index contributed by atoms with van der Waals surface area (Å²) in [6, 6.07) is 0.268. The lowest BCUT2D eigenvalue weighted by atomic mass is 9.96. The predicted octanol–water partition coefficient (Wildman–Crippen LogP) is 2.66. The number of ether oxygens (including phenoxy) is 2. The van der Waals surface area contributed by atoms with Crippen LogP contribution < -0.4 is 5.32 Å². The molecule has 0 aromatic rings. The molecule has 116 valence electrons. The van der Waals surface area contributed by atoms with Gasteiger partial charge in [0.1, 0.15) is 5.54 Å². The average Bonchev–Trinajstić information content (AvgIpc) is 3.11. The number of carbonyl (C=O) groups excluding carboxylic acids is 1. The molecule has 2 fully saturated rings. The minimum absolute atomic E-state index is 0.109. The Kier molecular flexibility index (Phi) is 5.44. The minimum Gasteiger partial charge on any atom is -0.465 e. The van der Waals surface area contributed by atoms with E-state index < -0.39 is 5.54 Å². The van der Waals surface area contributed by atoms with Crippen LogP contribution in [-0.4, -0.2) is 36.9 Å². The van der Waals surface area contributed by atoms with E-state index in [2.05, 4.69) is 19.2 Å². The smallest absolute Gasteiger partial charge is 0.326 e. The molecule has 0 amide bonds. The Morgan fingerprint density at radius 2 is 2.10 bits per heavy atom. The molecular formula is C16H29NO3. The van der Waals surface area contributed by atoms with Gasteiger partial charge in [-0.25, -0.2) is 0 Å². The molecule has 2 atom stereocenters. The lowest BCUT2D eigenvalue weighted by molar-refractivity contribution is -0.151. The Hall–Kier alpha value is -0.610. The Morgan fingerprint density at radius 3 is 2.70 bits per heavy atom. The normalized spacial score (nSPS) is 29.9. The molecule has 0 aromatic heterocycles. The van der Waals surface area contributed by atoms with Crippen LogP contribution in [0.1, 0.15) is 59.3 Å². The highest BCUT2D eigenvalue weighted by Crippen LogP contribution is 2.35. The van der Waals surface area contributed by atoms with E-state index in [-0.39, 0.29) is 18.1 Å². The SMILES string of the molecule is CCOC(=O)C1(NC(C)C)CCC(OCCC2CC2)C1. The lowest BCUT2D eigenvalue weighted by Gasteiger charge is -2.30. The zero-order chi connectivity index (χ0) is 14.6. The monoisotopic (exact) mass is 283 g/mol. The van der Waals surface area contributed by atoms with Crippen LogP contribution in [0.5, 0.6) is 0 Å². The molecule has 0 aromatic carbocycles. The molecule has 1 N–H and O–H groups in total. The van der Waals surface area contributed by atoms with Crippen LogP contribution in [-0.2, 0) is 14.3 Å². The van der Waals surface area contributed by atoms with E-state index in [4.69, 9.17) is 9.47 Å². The number of hydrogen-bond acceptors (Lipinski definition) is 4. The highest BCUT2D eigenvalue weighted by Gasteiger charge is 2.47. The van der Waals surface area contributed by atoms with Crippen LogP contribution in [0, 0.1) is 5.92 Å². The maximum atomic E-state index is 12.3. The number of esters is 1. The molecule has 2 saturated carbocycles. The zero-order valence-corrected chi connectivity index (χ0v) is 13.1. The van der Waals surface area contributed by atoms with Gasteiger partial charge in [-0.1, -0.05) is 12.8 Å². The summed E-state index contributed by atoms with van der Waals surface area (Å²) < 4.78 is 11.2. The van der Waals surface area contributed by atoms with E-state index in [9.17, 15) is 4.79 Å². The molecule has 0 spiro atoms. The van der Waals surface area contributed by atoms with Gasteiger partial charge in [0, 0.05) is 19.1 Å². The van der Waals surface area contributed by atoms with E-state index in [0.29, 0.717) is 6.61 Å². The predicted molar refractivity (Wildman–Crippen MR) is 78.6 cm³/mol. The molecule has 0 radical (unpaired) electrons. The first-order chi connectivity index (χ1) is 9.55. The van der Waals surface area contributed by atoms with E-state index in [1.165, 1.54) is 19.3 Å². The summed E-state index contributed by atoms with van der Waals surface area (Å²) in [6.45, 7) is 7.29. The van der Waals surface area contributed by atoms with Gasteiger partial charge < -0.3 is 9.47 Å². The summed E-state index contributed by atoms with van der Waals surface area (Å²) in [5, 5.41) is 3.43. The fraction of sp³-hybridized carbons (Fsp3) is 0.938. The van der Waals surface area contributed by atoms with Gasteiger partial charge in [0.2, 0.25) is 0 Å². The molecule has 0 saturated heterocycles. The van der Waals surface area contributed by atoms with Crippen molar-refractivity contribution in [3.63, 3.8) is 0 Å². The summed E-state index contributed by atoms with van der Waals surface area (Å²) in [5.74, 6) is 0.794. The first-order valence-electron chi connectivity index (χ1n) is 8.12. The fourth-order valence-electron chi connectivity index (χ4n) is 3.15. The minimum atomic E-state index is -0.533. The molecule has 0 aliphatic heterocycles.